The van der Waals surface area contributed by atoms with Crippen LogP contribution in [0.15, 0.2) is 109 Å². The highest BCUT2D eigenvalue weighted by Gasteiger charge is 2.30. The van der Waals surface area contributed by atoms with Crippen molar-refractivity contribution < 1.29 is 12.8 Å². The van der Waals surface area contributed by atoms with Gasteiger partial charge in [-0.05, 0) is 48.0 Å². The molecule has 0 amide bonds. The van der Waals surface area contributed by atoms with Crippen molar-refractivity contribution in [2.75, 3.05) is 0 Å². The molecule has 5 aromatic rings. The molecule has 194 valence electrons. The Morgan fingerprint density at radius 1 is 0.974 bits per heavy atom. The van der Waals surface area contributed by atoms with Gasteiger partial charge in [-0.1, -0.05) is 71.4 Å². The van der Waals surface area contributed by atoms with Gasteiger partial charge in [-0.25, -0.2) is 23.4 Å². The lowest BCUT2D eigenvalue weighted by atomic mass is 10.2. The monoisotopic (exact) mass is 593 g/mol. The minimum absolute atomic E-state index is 0.0470. The van der Waals surface area contributed by atoms with Crippen molar-refractivity contribution in [1.29, 1.82) is 0 Å². The quantitative estimate of drug-likeness (QED) is 0.242. The number of rotatable bonds is 4. The van der Waals surface area contributed by atoms with Crippen LogP contribution in [0.2, 0.25) is 10.2 Å². The first-order chi connectivity index (χ1) is 18.9. The minimum atomic E-state index is -3.94. The number of hydrogen-bond donors (Lipinski definition) is 1. The van der Waals surface area contributed by atoms with Crippen LogP contribution in [0.1, 0.15) is 5.56 Å². The molecule has 1 N–H and O–H groups in total. The van der Waals surface area contributed by atoms with Gasteiger partial charge < -0.3 is 4.42 Å². The molecule has 0 unspecified atom stereocenters. The predicted molar refractivity (Wildman–Crippen MR) is 153 cm³/mol. The van der Waals surface area contributed by atoms with E-state index in [9.17, 15) is 8.42 Å². The van der Waals surface area contributed by atoms with E-state index in [0.717, 1.165) is 5.56 Å². The summed E-state index contributed by atoms with van der Waals surface area (Å²) in [5.74, 6) is 0.145. The number of sulfonamides is 1. The highest BCUT2D eigenvalue weighted by atomic mass is 35.5. The van der Waals surface area contributed by atoms with E-state index in [1.807, 2.05) is 54.6 Å². The standard InChI is InChI=1S/C27H17Cl2N5O3S2/c28-20-13-22-23(39(35,36)34-27(38-22)31-15-16-10-11-24(29)30-14-16)12-19(20)26-33-21-9-5-4-8-18(21)25(37-26)32-17-6-2-1-3-7-17/h1-14H,15H2,(H,31,34). The van der Waals surface area contributed by atoms with Gasteiger partial charge in [-0.2, -0.15) is 0 Å². The summed E-state index contributed by atoms with van der Waals surface area (Å²) >= 11 is 13.7. The molecule has 6 rings (SSSR count). The van der Waals surface area contributed by atoms with E-state index in [1.54, 1.807) is 24.4 Å². The molecule has 3 heterocycles. The first kappa shape index (κ1) is 25.6. The summed E-state index contributed by atoms with van der Waals surface area (Å²) in [6.45, 7) is 0.226. The highest BCUT2D eigenvalue weighted by Crippen LogP contribution is 2.39. The third-order valence-corrected chi connectivity index (χ3v) is 8.87. The molecule has 0 fully saturated rings. The number of para-hydroxylation sites is 2. The number of hydrogen-bond acceptors (Lipinski definition) is 8. The van der Waals surface area contributed by atoms with Crippen molar-refractivity contribution in [1.82, 2.24) is 14.7 Å². The fourth-order valence-corrected chi connectivity index (χ4v) is 6.91. The van der Waals surface area contributed by atoms with Crippen molar-refractivity contribution >= 4 is 66.7 Å². The zero-order valence-corrected chi connectivity index (χ0v) is 23.0. The second-order valence-electron chi connectivity index (χ2n) is 8.39. The Bertz CT molecular complexity index is 1930. The largest absolute Gasteiger partial charge is 0.419 e. The number of nitrogens with zero attached hydrogens (tertiary/aromatic N) is 4. The zero-order chi connectivity index (χ0) is 27.0. The van der Waals surface area contributed by atoms with Gasteiger partial charge >= 0.3 is 0 Å². The molecule has 0 radical (unpaired) electrons. The van der Waals surface area contributed by atoms with E-state index in [4.69, 9.17) is 27.6 Å². The Hall–Kier alpha value is -3.70. The van der Waals surface area contributed by atoms with Gasteiger partial charge in [-0.15, -0.1) is 0 Å². The lowest BCUT2D eigenvalue weighted by molar-refractivity contribution is 0.505. The van der Waals surface area contributed by atoms with Gasteiger partial charge in [0.05, 0.1) is 33.7 Å². The summed E-state index contributed by atoms with van der Waals surface area (Å²) in [5, 5.41) is 1.57. The Kier molecular flexibility index (Phi) is 6.86. The molecule has 0 aliphatic carbocycles. The first-order valence-electron chi connectivity index (χ1n) is 11.5. The molecule has 0 atom stereocenters. The molecule has 0 bridgehead atoms. The van der Waals surface area contributed by atoms with Crippen molar-refractivity contribution in [2.45, 2.75) is 16.3 Å². The maximum atomic E-state index is 13.2. The molecular formula is C27H17Cl2N5O3S2. The van der Waals surface area contributed by atoms with Crippen molar-refractivity contribution in [2.24, 2.45) is 9.98 Å². The molecule has 39 heavy (non-hydrogen) atoms. The number of amidine groups is 1. The lowest BCUT2D eigenvalue weighted by Crippen LogP contribution is -2.32. The van der Waals surface area contributed by atoms with Crippen LogP contribution in [-0.4, -0.2) is 23.6 Å². The fourth-order valence-electron chi connectivity index (χ4n) is 3.86. The van der Waals surface area contributed by atoms with E-state index in [-0.39, 0.29) is 27.5 Å². The molecule has 0 saturated heterocycles. The Labute approximate surface area is 237 Å². The van der Waals surface area contributed by atoms with E-state index >= 15 is 0 Å². The maximum Gasteiger partial charge on any atom is 0.264 e. The molecule has 2 aromatic heterocycles. The Balaban J connectivity index is 1.42. The van der Waals surface area contributed by atoms with E-state index in [1.165, 1.54) is 17.8 Å². The summed E-state index contributed by atoms with van der Waals surface area (Å²) in [6.07, 6.45) is 1.59. The van der Waals surface area contributed by atoms with Gasteiger partial charge in [0.15, 0.2) is 5.17 Å². The van der Waals surface area contributed by atoms with Gasteiger partial charge in [0, 0.05) is 11.1 Å². The van der Waals surface area contributed by atoms with Crippen LogP contribution in [0.3, 0.4) is 0 Å². The van der Waals surface area contributed by atoms with Crippen LogP contribution < -0.4 is 10.3 Å². The molecule has 1 aliphatic heterocycles. The minimum Gasteiger partial charge on any atom is -0.419 e. The van der Waals surface area contributed by atoms with Gasteiger partial charge in [0.25, 0.3) is 10.0 Å². The van der Waals surface area contributed by atoms with Gasteiger partial charge in [0.1, 0.15) is 10.0 Å². The predicted octanol–water partition coefficient (Wildman–Crippen LogP) is 6.37. The first-order valence-corrected chi connectivity index (χ1v) is 14.6. The highest BCUT2D eigenvalue weighted by molar-refractivity contribution is 8.16. The topological polar surface area (TPSA) is 110 Å². The third kappa shape index (κ3) is 5.41. The second kappa shape index (κ2) is 10.5. The van der Waals surface area contributed by atoms with Crippen molar-refractivity contribution in [3.8, 4) is 11.5 Å². The number of thioether (sulfide) groups is 1. The summed E-state index contributed by atoms with van der Waals surface area (Å²) in [4.78, 5) is 18.2. The normalized spacial score (nSPS) is 15.7. The average molecular weight is 595 g/mol. The summed E-state index contributed by atoms with van der Waals surface area (Å²) in [6, 6.07) is 23.2. The van der Waals surface area contributed by atoms with E-state index in [2.05, 4.69) is 24.7 Å². The lowest BCUT2D eigenvalue weighted by Gasteiger charge is -2.20. The van der Waals surface area contributed by atoms with Crippen LogP contribution in [0.25, 0.3) is 22.4 Å². The number of aromatic nitrogens is 2. The van der Waals surface area contributed by atoms with Crippen LogP contribution in [0.5, 0.6) is 0 Å². The second-order valence-corrected chi connectivity index (χ2v) is 11.9. The molecular weight excluding hydrogens is 577 g/mol. The number of benzene rings is 3. The molecule has 1 aliphatic rings. The van der Waals surface area contributed by atoms with E-state index in [0.29, 0.717) is 37.8 Å². The number of nitrogens with one attached hydrogen (secondary N) is 1. The van der Waals surface area contributed by atoms with Crippen LogP contribution in [0, 0.1) is 0 Å². The maximum absolute atomic E-state index is 13.2. The average Bonchev–Trinajstić information content (AvgIpc) is 2.92. The number of halogens is 2. The van der Waals surface area contributed by atoms with Crippen LogP contribution >= 0.6 is 35.0 Å². The number of fused-ring (bicyclic) bond motifs is 2. The summed E-state index contributed by atoms with van der Waals surface area (Å²) < 4.78 is 35.1. The Morgan fingerprint density at radius 3 is 2.56 bits per heavy atom. The van der Waals surface area contributed by atoms with Crippen molar-refractivity contribution in [3.05, 3.63) is 106 Å². The van der Waals surface area contributed by atoms with Gasteiger partial charge in [-0.3, -0.25) is 9.71 Å². The molecule has 3 aromatic carbocycles. The molecule has 12 heteroatoms. The summed E-state index contributed by atoms with van der Waals surface area (Å²) in [5.41, 5.74) is 2.76. The third-order valence-electron chi connectivity index (χ3n) is 5.71. The van der Waals surface area contributed by atoms with Crippen molar-refractivity contribution in [3.63, 3.8) is 0 Å². The van der Waals surface area contributed by atoms with Crippen LogP contribution in [-0.2, 0) is 16.6 Å². The van der Waals surface area contributed by atoms with Crippen LogP contribution in [0.4, 0.5) is 5.69 Å². The zero-order valence-electron chi connectivity index (χ0n) is 19.9. The Morgan fingerprint density at radius 2 is 1.77 bits per heavy atom. The SMILES string of the molecule is O=S1(=O)NC(=NCc2ccc(Cl)nc2)Sc2cc(Cl)c(-c3nc4ccccc4c(=Nc4ccccc4)o3)cc21. The smallest absolute Gasteiger partial charge is 0.264 e. The van der Waals surface area contributed by atoms with Gasteiger partial charge in [0.2, 0.25) is 11.4 Å². The summed E-state index contributed by atoms with van der Waals surface area (Å²) in [7, 11) is -3.94. The number of pyridine rings is 1. The fraction of sp³-hybridized carbons (Fsp3) is 0.0370. The molecule has 8 nitrogen and oxygen atoms in total. The molecule has 0 spiro atoms. The number of aliphatic imine (C=N–C) groups is 1. The van der Waals surface area contributed by atoms with E-state index < -0.39 is 10.0 Å². The molecule has 0 saturated carbocycles.